The van der Waals surface area contributed by atoms with Gasteiger partial charge in [0, 0.05) is 24.9 Å². The zero-order chi connectivity index (χ0) is 18.7. The number of phenols is 1. The molecule has 0 spiro atoms. The Kier molecular flexibility index (Phi) is 5.49. The molecule has 7 heteroatoms. The predicted octanol–water partition coefficient (Wildman–Crippen LogP) is 2.46. The van der Waals surface area contributed by atoms with Gasteiger partial charge in [-0.1, -0.05) is 24.3 Å². The summed E-state index contributed by atoms with van der Waals surface area (Å²) in [7, 11) is 0. The second-order valence-electron chi connectivity index (χ2n) is 5.91. The maximum atomic E-state index is 13.2. The lowest BCUT2D eigenvalue weighted by Crippen LogP contribution is -2.44. The number of nitrogens with zero attached hydrogens (tertiary/aromatic N) is 1. The van der Waals surface area contributed by atoms with Gasteiger partial charge in [-0.05, 0) is 29.8 Å². The van der Waals surface area contributed by atoms with Crippen molar-refractivity contribution in [1.82, 2.24) is 0 Å². The smallest absolute Gasteiger partial charge is 0.303 e. The second kappa shape index (κ2) is 7.80. The van der Waals surface area contributed by atoms with Crippen molar-refractivity contribution in [3.8, 4) is 5.75 Å². The number of esters is 1. The SMILES string of the molecule is CC(=O)O[C@@H]1C(=O)N(CCN)c2ccccc2S[C@@H]1c1ccc(O)cc1. The summed E-state index contributed by atoms with van der Waals surface area (Å²) in [6, 6.07) is 14.1. The van der Waals surface area contributed by atoms with Crippen LogP contribution in [0.2, 0.25) is 0 Å². The van der Waals surface area contributed by atoms with Crippen molar-refractivity contribution >= 4 is 29.3 Å². The number of rotatable bonds is 4. The lowest BCUT2D eigenvalue weighted by atomic mass is 10.1. The van der Waals surface area contributed by atoms with Gasteiger partial charge in [-0.3, -0.25) is 9.59 Å². The van der Waals surface area contributed by atoms with Crippen LogP contribution in [0.15, 0.2) is 53.4 Å². The minimum Gasteiger partial charge on any atom is -0.508 e. The number of nitrogens with two attached hydrogens (primary N) is 1. The van der Waals surface area contributed by atoms with Gasteiger partial charge in [-0.15, -0.1) is 11.8 Å². The van der Waals surface area contributed by atoms with E-state index >= 15 is 0 Å². The van der Waals surface area contributed by atoms with Crippen molar-refractivity contribution < 1.29 is 19.4 Å². The highest BCUT2D eigenvalue weighted by Crippen LogP contribution is 2.46. The molecule has 0 fully saturated rings. The Labute approximate surface area is 155 Å². The van der Waals surface area contributed by atoms with Gasteiger partial charge in [0.25, 0.3) is 5.91 Å². The van der Waals surface area contributed by atoms with Crippen LogP contribution in [0.3, 0.4) is 0 Å². The van der Waals surface area contributed by atoms with E-state index in [2.05, 4.69) is 0 Å². The van der Waals surface area contributed by atoms with E-state index < -0.39 is 17.3 Å². The van der Waals surface area contributed by atoms with Crippen LogP contribution in [0.25, 0.3) is 0 Å². The Morgan fingerprint density at radius 1 is 1.23 bits per heavy atom. The monoisotopic (exact) mass is 372 g/mol. The number of fused-ring (bicyclic) bond motifs is 1. The molecule has 3 N–H and O–H groups in total. The van der Waals surface area contributed by atoms with Gasteiger partial charge in [0.15, 0.2) is 6.10 Å². The van der Waals surface area contributed by atoms with Crippen molar-refractivity contribution in [2.45, 2.75) is 23.2 Å². The fourth-order valence-corrected chi connectivity index (χ4v) is 4.26. The Morgan fingerprint density at radius 3 is 2.58 bits per heavy atom. The van der Waals surface area contributed by atoms with Crippen molar-refractivity contribution in [2.24, 2.45) is 5.73 Å². The summed E-state index contributed by atoms with van der Waals surface area (Å²) in [5.41, 5.74) is 7.25. The first-order valence-corrected chi connectivity index (χ1v) is 9.12. The molecule has 2 aromatic rings. The molecule has 0 radical (unpaired) electrons. The van der Waals surface area contributed by atoms with E-state index in [0.29, 0.717) is 13.1 Å². The molecule has 1 aliphatic heterocycles. The minimum absolute atomic E-state index is 0.132. The number of phenolic OH excluding ortho intramolecular Hbond substituents is 1. The summed E-state index contributed by atoms with van der Waals surface area (Å²) in [6.07, 6.45) is -0.985. The highest BCUT2D eigenvalue weighted by molar-refractivity contribution is 7.99. The van der Waals surface area contributed by atoms with Gasteiger partial charge >= 0.3 is 5.97 Å². The summed E-state index contributed by atoms with van der Waals surface area (Å²) >= 11 is 1.46. The molecule has 3 rings (SSSR count). The van der Waals surface area contributed by atoms with Gasteiger partial charge in [0.05, 0.1) is 10.9 Å². The predicted molar refractivity (Wildman–Crippen MR) is 100 cm³/mol. The molecule has 1 amide bonds. The summed E-state index contributed by atoms with van der Waals surface area (Å²) in [4.78, 5) is 27.4. The van der Waals surface area contributed by atoms with Gasteiger partial charge < -0.3 is 20.5 Å². The number of carbonyl (C=O) groups excluding carboxylic acids is 2. The van der Waals surface area contributed by atoms with E-state index in [-0.39, 0.29) is 11.7 Å². The molecule has 6 nitrogen and oxygen atoms in total. The lowest BCUT2D eigenvalue weighted by Gasteiger charge is -2.27. The van der Waals surface area contributed by atoms with Gasteiger partial charge in [-0.2, -0.15) is 0 Å². The van der Waals surface area contributed by atoms with E-state index in [1.807, 2.05) is 24.3 Å². The normalized spacial score (nSPS) is 19.6. The number of benzene rings is 2. The van der Waals surface area contributed by atoms with Crippen molar-refractivity contribution in [3.63, 3.8) is 0 Å². The number of para-hydroxylation sites is 1. The Morgan fingerprint density at radius 2 is 1.92 bits per heavy atom. The lowest BCUT2D eigenvalue weighted by molar-refractivity contribution is -0.152. The molecule has 0 aliphatic carbocycles. The third kappa shape index (κ3) is 3.68. The maximum Gasteiger partial charge on any atom is 0.303 e. The van der Waals surface area contributed by atoms with Gasteiger partial charge in [-0.25, -0.2) is 0 Å². The van der Waals surface area contributed by atoms with E-state index in [1.165, 1.54) is 18.7 Å². The molecule has 0 bridgehead atoms. The number of anilines is 1. The standard InChI is InChI=1S/C19H20N2O4S/c1-12(22)25-17-18(13-6-8-14(23)9-7-13)26-16-5-3-2-4-15(16)21(11-10-20)19(17)24/h2-9,17-18,23H,10-11,20H2,1H3/t17-,18+/m0/s1. The Hall–Kier alpha value is -2.51. The average molecular weight is 372 g/mol. The number of ether oxygens (including phenoxy) is 1. The molecule has 2 atom stereocenters. The van der Waals surface area contributed by atoms with Crippen LogP contribution >= 0.6 is 11.8 Å². The zero-order valence-corrected chi connectivity index (χ0v) is 15.1. The van der Waals surface area contributed by atoms with Crippen molar-refractivity contribution in [3.05, 3.63) is 54.1 Å². The van der Waals surface area contributed by atoms with Crippen molar-refractivity contribution in [1.29, 1.82) is 0 Å². The van der Waals surface area contributed by atoms with Crippen LogP contribution < -0.4 is 10.6 Å². The van der Waals surface area contributed by atoms with Gasteiger partial charge in [0.1, 0.15) is 5.75 Å². The fraction of sp³-hybridized carbons (Fsp3) is 0.263. The molecule has 0 aromatic heterocycles. The number of carbonyl (C=O) groups is 2. The highest BCUT2D eigenvalue weighted by Gasteiger charge is 2.40. The summed E-state index contributed by atoms with van der Waals surface area (Å²) in [5.74, 6) is -0.694. The second-order valence-corrected chi connectivity index (χ2v) is 7.09. The van der Waals surface area contributed by atoms with Gasteiger partial charge in [0.2, 0.25) is 0 Å². The van der Waals surface area contributed by atoms with Crippen LogP contribution in [0.4, 0.5) is 5.69 Å². The zero-order valence-electron chi connectivity index (χ0n) is 14.3. The van der Waals surface area contributed by atoms with E-state index in [4.69, 9.17) is 10.5 Å². The largest absolute Gasteiger partial charge is 0.508 e. The van der Waals surface area contributed by atoms with Crippen LogP contribution in [-0.2, 0) is 14.3 Å². The molecular formula is C19H20N2O4S. The summed E-state index contributed by atoms with van der Waals surface area (Å²) in [6.45, 7) is 1.91. The molecule has 1 aliphatic rings. The molecule has 0 saturated heterocycles. The molecular weight excluding hydrogens is 352 g/mol. The quantitative estimate of drug-likeness (QED) is 0.801. The Bertz CT molecular complexity index is 809. The average Bonchev–Trinajstić information content (AvgIpc) is 2.73. The molecule has 0 saturated carbocycles. The summed E-state index contributed by atoms with van der Waals surface area (Å²) in [5, 5.41) is 9.13. The first-order valence-electron chi connectivity index (χ1n) is 8.24. The molecule has 0 unspecified atom stereocenters. The van der Waals surface area contributed by atoms with E-state index in [1.54, 1.807) is 29.2 Å². The first kappa shape index (κ1) is 18.3. The first-order chi connectivity index (χ1) is 12.5. The van der Waals surface area contributed by atoms with Crippen LogP contribution in [-0.4, -0.2) is 36.2 Å². The van der Waals surface area contributed by atoms with Crippen LogP contribution in [0.1, 0.15) is 17.7 Å². The van der Waals surface area contributed by atoms with E-state index in [9.17, 15) is 14.7 Å². The van der Waals surface area contributed by atoms with Crippen molar-refractivity contribution in [2.75, 3.05) is 18.0 Å². The molecule has 2 aromatic carbocycles. The third-order valence-corrected chi connectivity index (χ3v) is 5.43. The highest BCUT2D eigenvalue weighted by atomic mass is 32.2. The topological polar surface area (TPSA) is 92.9 Å². The number of aromatic hydroxyl groups is 1. The fourth-order valence-electron chi connectivity index (χ4n) is 2.94. The van der Waals surface area contributed by atoms with E-state index in [0.717, 1.165) is 16.1 Å². The molecule has 1 heterocycles. The number of thioether (sulfide) groups is 1. The maximum absolute atomic E-state index is 13.2. The third-order valence-electron chi connectivity index (χ3n) is 4.06. The molecule has 26 heavy (non-hydrogen) atoms. The van der Waals surface area contributed by atoms with Crippen LogP contribution in [0, 0.1) is 0 Å². The molecule has 136 valence electrons. The minimum atomic E-state index is -0.985. The van der Waals surface area contributed by atoms with Crippen LogP contribution in [0.5, 0.6) is 5.75 Å². The number of hydrogen-bond donors (Lipinski definition) is 2. The number of hydrogen-bond acceptors (Lipinski definition) is 6. The summed E-state index contributed by atoms with van der Waals surface area (Å²) < 4.78 is 5.43. The number of amides is 1. The Balaban J connectivity index is 2.11.